The van der Waals surface area contributed by atoms with Gasteiger partial charge >= 0.3 is 5.97 Å². The quantitative estimate of drug-likeness (QED) is 0.808. The van der Waals surface area contributed by atoms with Crippen LogP contribution in [0.4, 0.5) is 11.4 Å². The minimum absolute atomic E-state index is 0.0141. The number of nitrogens with zero attached hydrogens (tertiary/aromatic N) is 2. The van der Waals surface area contributed by atoms with Gasteiger partial charge in [-0.15, -0.1) is 0 Å². The largest absolute Gasteiger partial charge is 0.464 e. The lowest BCUT2D eigenvalue weighted by Crippen LogP contribution is -2.20. The summed E-state index contributed by atoms with van der Waals surface area (Å²) >= 11 is 0. The molecule has 1 aromatic carbocycles. The van der Waals surface area contributed by atoms with Gasteiger partial charge in [-0.25, -0.2) is 4.79 Å². The van der Waals surface area contributed by atoms with E-state index in [4.69, 9.17) is 10.5 Å². The van der Waals surface area contributed by atoms with Crippen LogP contribution in [-0.4, -0.2) is 23.6 Å². The van der Waals surface area contributed by atoms with E-state index in [0.29, 0.717) is 11.4 Å². The summed E-state index contributed by atoms with van der Waals surface area (Å²) in [6.45, 7) is 1.88. The lowest BCUT2D eigenvalue weighted by Gasteiger charge is -2.15. The molecule has 0 radical (unpaired) electrons. The van der Waals surface area contributed by atoms with E-state index in [-0.39, 0.29) is 28.8 Å². The minimum atomic E-state index is -0.631. The molecule has 0 atom stereocenters. The van der Waals surface area contributed by atoms with Crippen molar-refractivity contribution in [3.63, 3.8) is 0 Å². The molecule has 1 fully saturated rings. The highest BCUT2D eigenvalue weighted by Gasteiger charge is 2.24. The number of aryl methyl sites for hydroxylation is 1. The molecule has 7 nitrogen and oxygen atoms in total. The van der Waals surface area contributed by atoms with Gasteiger partial charge in [-0.3, -0.25) is 4.79 Å². The van der Waals surface area contributed by atoms with Gasteiger partial charge in [0.15, 0.2) is 5.69 Å². The molecule has 0 bridgehead atoms. The summed E-state index contributed by atoms with van der Waals surface area (Å²) in [7, 11) is 1.26. The highest BCUT2D eigenvalue weighted by atomic mass is 16.5. The average Bonchev–Trinajstić information content (AvgIpc) is 3.30. The van der Waals surface area contributed by atoms with Crippen LogP contribution in [0.2, 0.25) is 0 Å². The normalized spacial score (nSPS) is 14.0. The third-order valence-corrected chi connectivity index (χ3v) is 5.01. The second-order valence-electron chi connectivity index (χ2n) is 6.75. The predicted molar refractivity (Wildman–Crippen MR) is 102 cm³/mol. The molecule has 3 N–H and O–H groups in total. The molecule has 140 valence electrons. The van der Waals surface area contributed by atoms with Gasteiger partial charge in [-0.05, 0) is 37.5 Å². The standard InChI is InChI=1S/C20H22N4O3/c1-12-7-8-15(23-19(25)13-5-3-4-6-13)9-16(12)24-11-14(10-21)17(22)18(24)20(26)27-2/h7-9,11,13H,3-6,22H2,1-2H3,(H,23,25). The van der Waals surface area contributed by atoms with Crippen molar-refractivity contribution in [2.45, 2.75) is 32.6 Å². The van der Waals surface area contributed by atoms with E-state index < -0.39 is 5.97 Å². The van der Waals surface area contributed by atoms with Gasteiger partial charge in [0, 0.05) is 17.8 Å². The number of ether oxygens (including phenoxy) is 1. The zero-order valence-corrected chi connectivity index (χ0v) is 15.4. The number of hydrogen-bond donors (Lipinski definition) is 2. The van der Waals surface area contributed by atoms with E-state index in [1.807, 2.05) is 25.1 Å². The van der Waals surface area contributed by atoms with Gasteiger partial charge in [-0.2, -0.15) is 5.26 Å². The number of anilines is 2. The Morgan fingerprint density at radius 2 is 2.04 bits per heavy atom. The SMILES string of the molecule is COC(=O)c1c(N)c(C#N)cn1-c1cc(NC(=O)C2CCCC2)ccc1C. The molecule has 1 aliphatic rings. The van der Waals surface area contributed by atoms with Crippen molar-refractivity contribution in [2.75, 3.05) is 18.2 Å². The van der Waals surface area contributed by atoms with Crippen LogP contribution in [0.1, 0.15) is 47.3 Å². The van der Waals surface area contributed by atoms with Crippen molar-refractivity contribution in [1.29, 1.82) is 5.26 Å². The van der Waals surface area contributed by atoms with Crippen molar-refractivity contribution in [3.05, 3.63) is 41.2 Å². The summed E-state index contributed by atoms with van der Waals surface area (Å²) in [5.41, 5.74) is 8.46. The first-order valence-corrected chi connectivity index (χ1v) is 8.87. The summed E-state index contributed by atoms with van der Waals surface area (Å²) in [6.07, 6.45) is 5.50. The van der Waals surface area contributed by atoms with E-state index in [2.05, 4.69) is 5.32 Å². The molecular weight excluding hydrogens is 344 g/mol. The average molecular weight is 366 g/mol. The second kappa shape index (κ2) is 7.54. The molecule has 1 saturated carbocycles. The number of aromatic nitrogens is 1. The summed E-state index contributed by atoms with van der Waals surface area (Å²) < 4.78 is 6.36. The molecule has 2 aromatic rings. The first-order valence-electron chi connectivity index (χ1n) is 8.87. The number of nitriles is 1. The third kappa shape index (κ3) is 3.51. The van der Waals surface area contributed by atoms with E-state index >= 15 is 0 Å². The van der Waals surface area contributed by atoms with E-state index in [1.54, 1.807) is 10.6 Å². The van der Waals surface area contributed by atoms with Crippen LogP contribution in [0, 0.1) is 24.2 Å². The molecule has 1 aromatic heterocycles. The maximum Gasteiger partial charge on any atom is 0.357 e. The van der Waals surface area contributed by atoms with Crippen molar-refractivity contribution >= 4 is 23.3 Å². The summed E-state index contributed by atoms with van der Waals surface area (Å²) in [5.74, 6) is -0.568. The number of nitrogen functional groups attached to an aromatic ring is 1. The van der Waals surface area contributed by atoms with Crippen molar-refractivity contribution in [2.24, 2.45) is 5.92 Å². The molecule has 7 heteroatoms. The van der Waals surface area contributed by atoms with Crippen LogP contribution in [0.5, 0.6) is 0 Å². The molecule has 3 rings (SSSR count). The number of rotatable bonds is 4. The summed E-state index contributed by atoms with van der Waals surface area (Å²) in [6, 6.07) is 7.43. The van der Waals surface area contributed by atoms with Crippen LogP contribution in [-0.2, 0) is 9.53 Å². The Kier molecular flexibility index (Phi) is 5.17. The molecular formula is C20H22N4O3. The molecule has 1 heterocycles. The smallest absolute Gasteiger partial charge is 0.357 e. The van der Waals surface area contributed by atoms with Crippen molar-refractivity contribution < 1.29 is 14.3 Å². The van der Waals surface area contributed by atoms with Crippen LogP contribution in [0.3, 0.4) is 0 Å². The number of benzene rings is 1. The van der Waals surface area contributed by atoms with Gasteiger partial charge in [0.2, 0.25) is 5.91 Å². The fourth-order valence-electron chi connectivity index (χ4n) is 3.48. The lowest BCUT2D eigenvalue weighted by atomic mass is 10.1. The van der Waals surface area contributed by atoms with Crippen LogP contribution < -0.4 is 11.1 Å². The number of hydrogen-bond acceptors (Lipinski definition) is 5. The number of carbonyl (C=O) groups is 2. The van der Waals surface area contributed by atoms with E-state index in [9.17, 15) is 14.9 Å². The Bertz CT molecular complexity index is 933. The first-order chi connectivity index (χ1) is 13.0. The van der Waals surface area contributed by atoms with Gasteiger partial charge in [0.1, 0.15) is 6.07 Å². The fraction of sp³-hybridized carbons (Fsp3) is 0.350. The topological polar surface area (TPSA) is 110 Å². The van der Waals surface area contributed by atoms with Crippen molar-refractivity contribution in [1.82, 2.24) is 4.57 Å². The highest BCUT2D eigenvalue weighted by molar-refractivity contribution is 5.96. The Morgan fingerprint density at radius 1 is 1.33 bits per heavy atom. The van der Waals surface area contributed by atoms with E-state index in [1.165, 1.54) is 13.3 Å². The fourth-order valence-corrected chi connectivity index (χ4v) is 3.48. The summed E-state index contributed by atoms with van der Waals surface area (Å²) in [4.78, 5) is 24.6. The number of carbonyl (C=O) groups excluding carboxylic acids is 2. The molecule has 0 unspecified atom stereocenters. The molecule has 1 amide bonds. The third-order valence-electron chi connectivity index (χ3n) is 5.01. The Labute approximate surface area is 157 Å². The molecule has 27 heavy (non-hydrogen) atoms. The van der Waals surface area contributed by atoms with Crippen molar-refractivity contribution in [3.8, 4) is 11.8 Å². The van der Waals surface area contributed by atoms with Gasteiger partial charge < -0.3 is 20.4 Å². The number of nitrogens with one attached hydrogen (secondary N) is 1. The zero-order valence-electron chi connectivity index (χ0n) is 15.4. The number of nitrogens with two attached hydrogens (primary N) is 1. The van der Waals surface area contributed by atoms with E-state index in [0.717, 1.165) is 31.2 Å². The van der Waals surface area contributed by atoms with Crippen LogP contribution in [0.25, 0.3) is 5.69 Å². The maximum atomic E-state index is 12.4. The Hall–Kier alpha value is -3.27. The van der Waals surface area contributed by atoms with Gasteiger partial charge in [0.05, 0.1) is 24.0 Å². The molecule has 0 aliphatic heterocycles. The number of methoxy groups -OCH3 is 1. The Balaban J connectivity index is 2.01. The Morgan fingerprint density at radius 3 is 2.67 bits per heavy atom. The number of amides is 1. The number of esters is 1. The summed E-state index contributed by atoms with van der Waals surface area (Å²) in [5, 5.41) is 12.2. The zero-order chi connectivity index (χ0) is 19.6. The highest BCUT2D eigenvalue weighted by Crippen LogP contribution is 2.29. The minimum Gasteiger partial charge on any atom is -0.464 e. The lowest BCUT2D eigenvalue weighted by molar-refractivity contribution is -0.119. The molecule has 1 aliphatic carbocycles. The monoisotopic (exact) mass is 366 g/mol. The van der Waals surface area contributed by atoms with Crippen LogP contribution in [0.15, 0.2) is 24.4 Å². The van der Waals surface area contributed by atoms with Crippen LogP contribution >= 0.6 is 0 Å². The second-order valence-corrected chi connectivity index (χ2v) is 6.75. The predicted octanol–water partition coefficient (Wildman–Crippen LogP) is 3.15. The van der Waals surface area contributed by atoms with Gasteiger partial charge in [0.25, 0.3) is 0 Å². The molecule has 0 saturated heterocycles. The maximum absolute atomic E-state index is 12.4. The van der Waals surface area contributed by atoms with Gasteiger partial charge in [-0.1, -0.05) is 18.9 Å². The first kappa shape index (κ1) is 18.5. The molecule has 0 spiro atoms.